The second kappa shape index (κ2) is 8.34. The summed E-state index contributed by atoms with van der Waals surface area (Å²) < 4.78 is 4.35. The van der Waals surface area contributed by atoms with Crippen LogP contribution in [0.15, 0.2) is 0 Å². The molecule has 0 unspecified atom stereocenters. The van der Waals surface area contributed by atoms with Gasteiger partial charge in [0.05, 0.1) is 0 Å². The minimum Gasteiger partial charge on any atom is -0.483 e. The third kappa shape index (κ3) is 7.34. The molecule has 6 heteroatoms. The molecule has 1 amide bonds. The summed E-state index contributed by atoms with van der Waals surface area (Å²) >= 11 is 0. The zero-order chi connectivity index (χ0) is 7.11. The van der Waals surface area contributed by atoms with Crippen LogP contribution in [0.3, 0.4) is 0 Å². The van der Waals surface area contributed by atoms with E-state index in [0.717, 1.165) is 0 Å². The summed E-state index contributed by atoms with van der Waals surface area (Å²) in [5, 5.41) is 9.22. The fraction of sp³-hybridized carbons (Fsp3) is 0.250. The molecule has 0 radical (unpaired) electrons. The zero-order valence-corrected chi connectivity index (χ0v) is 5.53. The average Bonchev–Trinajstić information content (AvgIpc) is 2.20. The van der Waals surface area contributed by atoms with Crippen LogP contribution in [0.2, 0.25) is 0 Å². The van der Waals surface area contributed by atoms with E-state index < -0.39 is 0 Å². The van der Waals surface area contributed by atoms with Crippen LogP contribution in [0, 0.1) is 6.54 Å². The van der Waals surface area contributed by atoms with Crippen LogP contribution in [0.25, 0.3) is 0 Å². The predicted molar refractivity (Wildman–Crippen MR) is 27.5 cm³/mol. The van der Waals surface area contributed by atoms with Gasteiger partial charge in [-0.3, -0.25) is 4.79 Å². The molecule has 0 aromatic heterocycles. The van der Waals surface area contributed by atoms with Crippen molar-refractivity contribution in [3.8, 4) is 0 Å². The van der Waals surface area contributed by atoms with Crippen LogP contribution in [0.1, 0.15) is 0 Å². The standard InChI is InChI=1S/C3H4NO2.CH2O2.Li/c5-3-4-1-2-6-3;2-1-3;/h1H,2H2,(H,4,5);1H,(H,2,3);/q-1;;+1. The van der Waals surface area contributed by atoms with E-state index in [9.17, 15) is 4.79 Å². The van der Waals surface area contributed by atoms with E-state index in [4.69, 9.17) is 9.90 Å². The Hall–Kier alpha value is -0.663. The third-order valence-electron chi connectivity index (χ3n) is 0.518. The third-order valence-corrected chi connectivity index (χ3v) is 0.518. The Labute approximate surface area is 69.9 Å². The molecule has 1 fully saturated rings. The van der Waals surface area contributed by atoms with Crippen molar-refractivity contribution in [1.29, 1.82) is 0 Å². The quantitative estimate of drug-likeness (QED) is 0.208. The number of hydrogen-bond donors (Lipinski definition) is 2. The number of rotatable bonds is 0. The van der Waals surface area contributed by atoms with Gasteiger partial charge in [0, 0.05) is 0 Å². The maximum Gasteiger partial charge on any atom is 1.00 e. The molecule has 0 atom stereocenters. The Bertz CT molecular complexity index is 99.4. The summed E-state index contributed by atoms with van der Waals surface area (Å²) in [6.07, 6.45) is -0.352. The molecule has 0 aromatic rings. The van der Waals surface area contributed by atoms with Crippen molar-refractivity contribution in [3.63, 3.8) is 0 Å². The van der Waals surface area contributed by atoms with Crippen molar-refractivity contribution in [2.45, 2.75) is 0 Å². The number of amides is 1. The van der Waals surface area contributed by atoms with Crippen molar-refractivity contribution in [2.24, 2.45) is 0 Å². The Morgan fingerprint density at radius 2 is 2.30 bits per heavy atom. The van der Waals surface area contributed by atoms with Crippen LogP contribution in [-0.2, 0) is 9.53 Å². The molecule has 0 bridgehead atoms. The largest absolute Gasteiger partial charge is 1.00 e. The smallest absolute Gasteiger partial charge is 0.483 e. The summed E-state index contributed by atoms with van der Waals surface area (Å²) in [4.78, 5) is 18.2. The number of alkyl carbamates (subject to hydrolysis) is 1. The van der Waals surface area contributed by atoms with Gasteiger partial charge in [-0.05, 0) is 6.61 Å². The van der Waals surface area contributed by atoms with Gasteiger partial charge >= 0.3 is 25.0 Å². The normalized spacial score (nSPS) is 13.0. The first-order valence-electron chi connectivity index (χ1n) is 2.14. The molecule has 0 saturated carbocycles. The van der Waals surface area contributed by atoms with Gasteiger partial charge in [-0.25, -0.2) is 11.3 Å². The first-order valence-corrected chi connectivity index (χ1v) is 2.14. The number of ether oxygens (including phenoxy) is 1. The topological polar surface area (TPSA) is 75.6 Å². The molecule has 0 aliphatic carbocycles. The molecule has 1 saturated heterocycles. The van der Waals surface area contributed by atoms with Crippen LogP contribution in [0.5, 0.6) is 0 Å². The van der Waals surface area contributed by atoms with Gasteiger partial charge in [0.1, 0.15) is 0 Å². The Kier molecular flexibility index (Phi) is 10.1. The van der Waals surface area contributed by atoms with Gasteiger partial charge in [-0.15, -0.1) is 0 Å². The number of carbonyl (C=O) groups excluding carboxylic acids is 1. The molecule has 10 heavy (non-hydrogen) atoms. The Morgan fingerprint density at radius 1 is 1.80 bits per heavy atom. The van der Waals surface area contributed by atoms with E-state index in [2.05, 4.69) is 10.1 Å². The average molecular weight is 139 g/mol. The summed E-state index contributed by atoms with van der Waals surface area (Å²) in [5.74, 6) is 0. The second-order valence-corrected chi connectivity index (χ2v) is 1.05. The SMILES string of the molecule is O=C1N[CH-]CO1.O=CO.[Li+]. The number of carboxylic acid groups (broad SMARTS) is 1. The maximum atomic E-state index is 9.88. The van der Waals surface area contributed by atoms with E-state index in [1.54, 1.807) is 6.54 Å². The van der Waals surface area contributed by atoms with E-state index in [1.807, 2.05) is 0 Å². The fourth-order valence-corrected chi connectivity index (χ4v) is 0.284. The molecule has 5 nitrogen and oxygen atoms in total. The van der Waals surface area contributed by atoms with E-state index in [1.165, 1.54) is 0 Å². The summed E-state index contributed by atoms with van der Waals surface area (Å²) in [6.45, 7) is 1.71. The number of cyclic esters (lactones) is 1. The molecule has 0 spiro atoms. The van der Waals surface area contributed by atoms with Crippen LogP contribution < -0.4 is 24.2 Å². The van der Waals surface area contributed by atoms with Crippen molar-refractivity contribution >= 4 is 12.6 Å². The van der Waals surface area contributed by atoms with E-state index >= 15 is 0 Å². The summed E-state index contributed by atoms with van der Waals surface area (Å²) in [5.41, 5.74) is 0. The van der Waals surface area contributed by atoms with Crippen molar-refractivity contribution in [3.05, 3.63) is 6.54 Å². The van der Waals surface area contributed by atoms with E-state index in [0.29, 0.717) is 6.61 Å². The van der Waals surface area contributed by atoms with Gasteiger partial charge in [0.25, 0.3) is 6.47 Å². The molecule has 2 N–H and O–H groups in total. The monoisotopic (exact) mass is 139 g/mol. The van der Waals surface area contributed by atoms with Gasteiger partial charge in [-0.1, -0.05) is 0 Å². The van der Waals surface area contributed by atoms with Gasteiger partial charge in [0.2, 0.25) is 0 Å². The summed E-state index contributed by atoms with van der Waals surface area (Å²) in [7, 11) is 0. The minimum absolute atomic E-state index is 0. The number of carbonyl (C=O) groups is 2. The molecule has 1 heterocycles. The minimum atomic E-state index is -0.352. The number of nitrogens with one attached hydrogen (secondary N) is 1. The van der Waals surface area contributed by atoms with Crippen molar-refractivity contribution in [1.82, 2.24) is 5.32 Å². The molecule has 1 aliphatic rings. The van der Waals surface area contributed by atoms with Gasteiger partial charge < -0.3 is 15.2 Å². The fourth-order valence-electron chi connectivity index (χ4n) is 0.284. The first-order chi connectivity index (χ1) is 4.31. The molecule has 1 rings (SSSR count). The summed E-state index contributed by atoms with van der Waals surface area (Å²) in [6, 6.07) is 0. The van der Waals surface area contributed by atoms with Crippen LogP contribution >= 0.6 is 0 Å². The predicted octanol–water partition coefficient (Wildman–Crippen LogP) is -3.41. The first kappa shape index (κ1) is 12.1. The Balaban J connectivity index is 0. The van der Waals surface area contributed by atoms with Crippen LogP contribution in [-0.4, -0.2) is 24.3 Å². The van der Waals surface area contributed by atoms with Gasteiger partial charge in [-0.2, -0.15) is 0 Å². The van der Waals surface area contributed by atoms with Crippen molar-refractivity contribution < 1.29 is 38.3 Å². The maximum absolute atomic E-state index is 9.88. The molecule has 52 valence electrons. The zero-order valence-electron chi connectivity index (χ0n) is 5.53. The number of hydrogen-bond acceptors (Lipinski definition) is 3. The van der Waals surface area contributed by atoms with Crippen molar-refractivity contribution in [2.75, 3.05) is 6.61 Å². The van der Waals surface area contributed by atoms with Gasteiger partial charge in [0.15, 0.2) is 0 Å². The molecular formula is C4H6LiNO4. The molecule has 1 aliphatic heterocycles. The second-order valence-electron chi connectivity index (χ2n) is 1.05. The molecular weight excluding hydrogens is 133 g/mol. The molecule has 0 aromatic carbocycles. The van der Waals surface area contributed by atoms with Crippen LogP contribution in [0.4, 0.5) is 4.79 Å². The Morgan fingerprint density at radius 3 is 2.40 bits per heavy atom. The van der Waals surface area contributed by atoms with E-state index in [-0.39, 0.29) is 31.4 Å².